The number of benzene rings is 3. The molecule has 0 saturated carbocycles. The molecule has 162 valence electrons. The van der Waals surface area contributed by atoms with Crippen LogP contribution in [0.4, 0.5) is 5.69 Å². The zero-order chi connectivity index (χ0) is 21.8. The average molecular weight is 461 g/mol. The number of carbonyl (C=O) groups is 1. The first-order valence-corrected chi connectivity index (χ1v) is 11.5. The van der Waals surface area contributed by atoms with Crippen molar-refractivity contribution < 1.29 is 22.7 Å². The highest BCUT2D eigenvalue weighted by atomic mass is 35.5. The normalized spacial score (nSPS) is 15.0. The Balaban J connectivity index is 1.51. The van der Waals surface area contributed by atoms with Crippen molar-refractivity contribution >= 4 is 44.0 Å². The van der Waals surface area contributed by atoms with Crippen LogP contribution >= 0.6 is 11.6 Å². The number of nitrogens with zero attached hydrogens (tertiary/aromatic N) is 1. The van der Waals surface area contributed by atoms with Crippen molar-refractivity contribution in [2.75, 3.05) is 38.2 Å². The van der Waals surface area contributed by atoms with Crippen molar-refractivity contribution in [3.63, 3.8) is 0 Å². The summed E-state index contributed by atoms with van der Waals surface area (Å²) < 4.78 is 38.3. The van der Waals surface area contributed by atoms with Crippen molar-refractivity contribution in [2.45, 2.75) is 4.90 Å². The molecular weight excluding hydrogens is 440 g/mol. The fraction of sp³-hybridized carbons (Fsp3) is 0.227. The van der Waals surface area contributed by atoms with Crippen molar-refractivity contribution in [1.29, 1.82) is 0 Å². The van der Waals surface area contributed by atoms with Gasteiger partial charge in [0.1, 0.15) is 10.6 Å². The predicted octanol–water partition coefficient (Wildman–Crippen LogP) is 3.53. The summed E-state index contributed by atoms with van der Waals surface area (Å²) in [7, 11) is -3.84. The summed E-state index contributed by atoms with van der Waals surface area (Å²) in [4.78, 5) is 12.5. The number of halogens is 1. The van der Waals surface area contributed by atoms with Gasteiger partial charge < -0.3 is 14.8 Å². The van der Waals surface area contributed by atoms with Crippen LogP contribution in [0.2, 0.25) is 5.02 Å². The van der Waals surface area contributed by atoms with Gasteiger partial charge in [-0.05, 0) is 29.7 Å². The standard InChI is InChI=1S/C22H21ClN2O5S/c23-17-8-9-20(21(14-17)31(27,28)25-10-12-29-13-11-25)30-15-22(26)24-19-7-3-5-16-4-1-2-6-18(16)19/h1-9,14H,10-13,15H2,(H,24,26). The molecule has 0 aliphatic carbocycles. The molecule has 0 unspecified atom stereocenters. The number of hydrogen-bond acceptors (Lipinski definition) is 5. The number of rotatable bonds is 6. The van der Waals surface area contributed by atoms with E-state index in [1.165, 1.54) is 22.5 Å². The minimum absolute atomic E-state index is 0.0696. The van der Waals surface area contributed by atoms with E-state index in [1.54, 1.807) is 6.07 Å². The molecule has 1 heterocycles. The van der Waals surface area contributed by atoms with Gasteiger partial charge in [-0.15, -0.1) is 0 Å². The Morgan fingerprint density at radius 3 is 2.61 bits per heavy atom. The molecule has 4 rings (SSSR count). The lowest BCUT2D eigenvalue weighted by atomic mass is 10.1. The van der Waals surface area contributed by atoms with Crippen molar-refractivity contribution in [1.82, 2.24) is 4.31 Å². The van der Waals surface area contributed by atoms with Crippen molar-refractivity contribution in [3.8, 4) is 5.75 Å². The maximum absolute atomic E-state index is 13.1. The number of fused-ring (bicyclic) bond motifs is 1. The van der Waals surface area contributed by atoms with Crippen LogP contribution < -0.4 is 10.1 Å². The summed E-state index contributed by atoms with van der Waals surface area (Å²) in [5.74, 6) is -0.329. The third-order valence-corrected chi connectivity index (χ3v) is 7.07. The highest BCUT2D eigenvalue weighted by molar-refractivity contribution is 7.89. The first-order chi connectivity index (χ1) is 14.9. The maximum Gasteiger partial charge on any atom is 0.262 e. The van der Waals surface area contributed by atoms with E-state index in [0.717, 1.165) is 10.8 Å². The second-order valence-electron chi connectivity index (χ2n) is 6.97. The van der Waals surface area contributed by atoms with Gasteiger partial charge in [0.25, 0.3) is 5.91 Å². The number of nitrogens with one attached hydrogen (secondary N) is 1. The van der Waals surface area contributed by atoms with Crippen LogP contribution in [0.15, 0.2) is 65.6 Å². The molecule has 1 aliphatic heterocycles. The lowest BCUT2D eigenvalue weighted by Gasteiger charge is -2.26. The fourth-order valence-corrected chi connectivity index (χ4v) is 5.19. The number of anilines is 1. The summed E-state index contributed by atoms with van der Waals surface area (Å²) in [5.41, 5.74) is 0.656. The number of morpholine rings is 1. The zero-order valence-electron chi connectivity index (χ0n) is 16.6. The summed E-state index contributed by atoms with van der Waals surface area (Å²) in [6.45, 7) is 0.787. The van der Waals surface area contributed by atoms with E-state index < -0.39 is 15.9 Å². The highest BCUT2D eigenvalue weighted by Crippen LogP contribution is 2.30. The molecular formula is C22H21ClN2O5S. The van der Waals surface area contributed by atoms with Gasteiger partial charge in [0.05, 0.1) is 13.2 Å². The second-order valence-corrected chi connectivity index (χ2v) is 9.31. The number of carbonyl (C=O) groups excluding carboxylic acids is 1. The van der Waals surface area contributed by atoms with Crippen molar-refractivity contribution in [3.05, 3.63) is 65.7 Å². The van der Waals surface area contributed by atoms with Gasteiger partial charge in [-0.1, -0.05) is 48.0 Å². The van der Waals surface area contributed by atoms with Crippen LogP contribution in [0.1, 0.15) is 0 Å². The van der Waals surface area contributed by atoms with Gasteiger partial charge in [-0.2, -0.15) is 4.31 Å². The lowest BCUT2D eigenvalue weighted by Crippen LogP contribution is -2.40. The van der Waals surface area contributed by atoms with Gasteiger partial charge in [0, 0.05) is 29.2 Å². The zero-order valence-corrected chi connectivity index (χ0v) is 18.2. The van der Waals surface area contributed by atoms with E-state index in [9.17, 15) is 13.2 Å². The molecule has 1 aliphatic rings. The van der Waals surface area contributed by atoms with Crippen molar-refractivity contribution in [2.24, 2.45) is 0 Å². The minimum Gasteiger partial charge on any atom is -0.482 e. The van der Waals surface area contributed by atoms with E-state index in [4.69, 9.17) is 21.1 Å². The summed E-state index contributed by atoms with van der Waals surface area (Å²) >= 11 is 6.04. The van der Waals surface area contributed by atoms with Gasteiger partial charge in [-0.25, -0.2) is 8.42 Å². The number of hydrogen-bond donors (Lipinski definition) is 1. The quantitative estimate of drug-likeness (QED) is 0.608. The summed E-state index contributed by atoms with van der Waals surface area (Å²) in [5, 5.41) is 4.99. The molecule has 7 nitrogen and oxygen atoms in total. The first-order valence-electron chi connectivity index (χ1n) is 9.73. The Morgan fingerprint density at radius 2 is 1.81 bits per heavy atom. The van der Waals surface area contributed by atoms with Crippen LogP contribution in [0.3, 0.4) is 0 Å². The Bertz CT molecular complexity index is 1200. The Kier molecular flexibility index (Phi) is 6.43. The van der Waals surface area contributed by atoms with E-state index in [0.29, 0.717) is 18.9 Å². The molecule has 0 radical (unpaired) electrons. The Labute approximate surface area is 185 Å². The summed E-state index contributed by atoms with van der Waals surface area (Å²) in [6.07, 6.45) is 0. The molecule has 9 heteroatoms. The van der Waals surface area contributed by atoms with Gasteiger partial charge in [0.2, 0.25) is 10.0 Å². The van der Waals surface area contributed by atoms with E-state index >= 15 is 0 Å². The van der Waals surface area contributed by atoms with Crippen LogP contribution in [-0.4, -0.2) is 51.5 Å². The van der Waals surface area contributed by atoms with E-state index in [2.05, 4.69) is 5.32 Å². The van der Waals surface area contributed by atoms with Gasteiger partial charge >= 0.3 is 0 Å². The average Bonchev–Trinajstić information content (AvgIpc) is 2.79. The lowest BCUT2D eigenvalue weighted by molar-refractivity contribution is -0.118. The Hall–Kier alpha value is -2.65. The van der Waals surface area contributed by atoms with E-state index in [1.807, 2.05) is 36.4 Å². The topological polar surface area (TPSA) is 84.9 Å². The number of amides is 1. The smallest absolute Gasteiger partial charge is 0.262 e. The predicted molar refractivity (Wildman–Crippen MR) is 119 cm³/mol. The molecule has 31 heavy (non-hydrogen) atoms. The molecule has 0 atom stereocenters. The van der Waals surface area contributed by atoms with Crippen LogP contribution in [0.25, 0.3) is 10.8 Å². The molecule has 3 aromatic rings. The molecule has 1 fully saturated rings. The minimum atomic E-state index is -3.84. The first kappa shape index (κ1) is 21.6. The maximum atomic E-state index is 13.1. The van der Waals surface area contributed by atoms with Gasteiger partial charge in [0.15, 0.2) is 6.61 Å². The number of ether oxygens (including phenoxy) is 2. The second kappa shape index (κ2) is 9.23. The highest BCUT2D eigenvalue weighted by Gasteiger charge is 2.29. The fourth-order valence-electron chi connectivity index (χ4n) is 3.39. The largest absolute Gasteiger partial charge is 0.482 e. The monoisotopic (exact) mass is 460 g/mol. The third-order valence-electron chi connectivity index (χ3n) is 4.92. The molecule has 1 amide bonds. The van der Waals surface area contributed by atoms with Crippen LogP contribution in [-0.2, 0) is 19.6 Å². The third kappa shape index (κ3) is 4.83. The number of sulfonamides is 1. The molecule has 0 bridgehead atoms. The molecule has 1 N–H and O–H groups in total. The van der Waals surface area contributed by atoms with Gasteiger partial charge in [-0.3, -0.25) is 4.79 Å². The Morgan fingerprint density at radius 1 is 1.06 bits per heavy atom. The van der Waals surface area contributed by atoms with Crippen LogP contribution in [0.5, 0.6) is 5.75 Å². The SMILES string of the molecule is O=C(COc1ccc(Cl)cc1S(=O)(=O)N1CCOCC1)Nc1cccc2ccccc12. The van der Waals surface area contributed by atoms with E-state index in [-0.39, 0.29) is 35.4 Å². The molecule has 3 aromatic carbocycles. The molecule has 0 aromatic heterocycles. The summed E-state index contributed by atoms with van der Waals surface area (Å²) in [6, 6.07) is 17.6. The molecule has 1 saturated heterocycles. The van der Waals surface area contributed by atoms with Crippen LogP contribution in [0, 0.1) is 0 Å². The molecule has 0 spiro atoms.